The van der Waals surface area contributed by atoms with Crippen LogP contribution >= 0.6 is 11.6 Å². The summed E-state index contributed by atoms with van der Waals surface area (Å²) in [6, 6.07) is 15.6. The van der Waals surface area contributed by atoms with Gasteiger partial charge in [0.25, 0.3) is 0 Å². The molecular formula is C16H12ClN3O. The zero-order valence-electron chi connectivity index (χ0n) is 11.3. The molecule has 104 valence electrons. The summed E-state index contributed by atoms with van der Waals surface area (Å²) >= 11 is 5.77. The van der Waals surface area contributed by atoms with E-state index in [2.05, 4.69) is 10.5 Å². The van der Waals surface area contributed by atoms with Gasteiger partial charge in [0.05, 0.1) is 5.69 Å². The second-order valence-corrected chi connectivity index (χ2v) is 4.83. The molecule has 0 aromatic heterocycles. The summed E-state index contributed by atoms with van der Waals surface area (Å²) in [5.74, 6) is -0.450. The highest BCUT2D eigenvalue weighted by atomic mass is 35.5. The van der Waals surface area contributed by atoms with Crippen LogP contribution in [0.2, 0.25) is 5.02 Å². The molecule has 0 amide bonds. The van der Waals surface area contributed by atoms with Crippen LogP contribution in [0.15, 0.2) is 53.6 Å². The summed E-state index contributed by atoms with van der Waals surface area (Å²) in [5, 5.41) is 13.5. The Balaban J connectivity index is 2.19. The number of hydrogen-bond acceptors (Lipinski definition) is 4. The maximum Gasteiger partial charge on any atom is 0.223 e. The maximum atomic E-state index is 12.1. The smallest absolute Gasteiger partial charge is 0.223 e. The third-order valence-electron chi connectivity index (χ3n) is 2.74. The van der Waals surface area contributed by atoms with Crippen LogP contribution in [0.1, 0.15) is 15.9 Å². The molecule has 0 saturated heterocycles. The van der Waals surface area contributed by atoms with Crippen LogP contribution in [0.3, 0.4) is 0 Å². The van der Waals surface area contributed by atoms with E-state index in [-0.39, 0.29) is 5.71 Å². The highest BCUT2D eigenvalue weighted by Crippen LogP contribution is 2.12. The van der Waals surface area contributed by atoms with E-state index in [1.165, 1.54) is 0 Å². The van der Waals surface area contributed by atoms with Gasteiger partial charge in [-0.3, -0.25) is 10.2 Å². The lowest BCUT2D eigenvalue weighted by atomic mass is 10.1. The van der Waals surface area contributed by atoms with Crippen molar-refractivity contribution in [3.8, 4) is 6.07 Å². The van der Waals surface area contributed by atoms with Crippen molar-refractivity contribution in [1.82, 2.24) is 0 Å². The number of nitriles is 1. The number of hydrazone groups is 1. The number of nitrogens with zero attached hydrogens (tertiary/aromatic N) is 2. The molecule has 0 radical (unpaired) electrons. The number of carbonyl (C=O) groups excluding carboxylic acids is 1. The van der Waals surface area contributed by atoms with Gasteiger partial charge in [0, 0.05) is 10.6 Å². The van der Waals surface area contributed by atoms with Gasteiger partial charge in [0.1, 0.15) is 6.07 Å². The van der Waals surface area contributed by atoms with E-state index in [1.54, 1.807) is 36.4 Å². The molecule has 0 fully saturated rings. The molecule has 4 nitrogen and oxygen atoms in total. The first-order valence-corrected chi connectivity index (χ1v) is 6.58. The Morgan fingerprint density at radius 2 is 1.95 bits per heavy atom. The third-order valence-corrected chi connectivity index (χ3v) is 2.99. The zero-order chi connectivity index (χ0) is 15.2. The lowest BCUT2D eigenvalue weighted by molar-refractivity contribution is 0.106. The molecule has 2 aromatic carbocycles. The predicted molar refractivity (Wildman–Crippen MR) is 83.6 cm³/mol. The van der Waals surface area contributed by atoms with Crippen molar-refractivity contribution in [2.45, 2.75) is 6.92 Å². The fraction of sp³-hybridized carbons (Fsp3) is 0.0625. The Kier molecular flexibility index (Phi) is 4.70. The Morgan fingerprint density at radius 1 is 1.24 bits per heavy atom. The average Bonchev–Trinajstić information content (AvgIpc) is 2.48. The van der Waals surface area contributed by atoms with Gasteiger partial charge in [-0.2, -0.15) is 10.4 Å². The lowest BCUT2D eigenvalue weighted by Gasteiger charge is -2.03. The molecule has 0 bridgehead atoms. The summed E-state index contributed by atoms with van der Waals surface area (Å²) in [6.45, 7) is 1.94. The number of halogens is 1. The monoisotopic (exact) mass is 297 g/mol. The Morgan fingerprint density at radius 3 is 2.57 bits per heavy atom. The molecule has 5 heteroatoms. The van der Waals surface area contributed by atoms with Crippen molar-refractivity contribution in [3.05, 3.63) is 64.7 Å². The molecule has 2 aromatic rings. The normalized spacial score (nSPS) is 10.8. The van der Waals surface area contributed by atoms with Crippen molar-refractivity contribution >= 4 is 28.8 Å². The van der Waals surface area contributed by atoms with E-state index in [0.29, 0.717) is 16.3 Å². The van der Waals surface area contributed by atoms with E-state index in [4.69, 9.17) is 16.9 Å². The number of Topliss-reactive ketones (excluding diaryl/α,β-unsaturated/α-hetero) is 1. The molecule has 0 heterocycles. The molecule has 1 N–H and O–H groups in total. The molecule has 0 unspecified atom stereocenters. The summed E-state index contributed by atoms with van der Waals surface area (Å²) in [6.07, 6.45) is 0. The first kappa shape index (κ1) is 14.8. The topological polar surface area (TPSA) is 65.2 Å². The standard InChI is InChI=1S/C16H12ClN3O/c1-11-3-2-4-14(9-11)19-20-15(10-18)16(21)12-5-7-13(17)8-6-12/h2-9,19H,1H3. The van der Waals surface area contributed by atoms with E-state index < -0.39 is 5.78 Å². The number of rotatable bonds is 4. The first-order chi connectivity index (χ1) is 10.1. The number of carbonyl (C=O) groups is 1. The second-order valence-electron chi connectivity index (χ2n) is 4.39. The van der Waals surface area contributed by atoms with Crippen molar-refractivity contribution in [2.24, 2.45) is 5.10 Å². The van der Waals surface area contributed by atoms with Crippen LogP contribution < -0.4 is 5.43 Å². The van der Waals surface area contributed by atoms with Gasteiger partial charge in [-0.15, -0.1) is 0 Å². The lowest BCUT2D eigenvalue weighted by Crippen LogP contribution is -2.14. The minimum Gasteiger partial charge on any atom is -0.286 e. The largest absolute Gasteiger partial charge is 0.286 e. The van der Waals surface area contributed by atoms with Gasteiger partial charge in [-0.05, 0) is 48.9 Å². The van der Waals surface area contributed by atoms with Crippen LogP contribution in [-0.2, 0) is 0 Å². The van der Waals surface area contributed by atoms with Crippen LogP contribution in [0.4, 0.5) is 5.69 Å². The molecule has 0 aliphatic rings. The maximum absolute atomic E-state index is 12.1. The summed E-state index contributed by atoms with van der Waals surface area (Å²) in [7, 11) is 0. The van der Waals surface area contributed by atoms with Gasteiger partial charge < -0.3 is 0 Å². The fourth-order valence-corrected chi connectivity index (χ4v) is 1.83. The van der Waals surface area contributed by atoms with Gasteiger partial charge in [0.2, 0.25) is 11.5 Å². The van der Waals surface area contributed by atoms with Gasteiger partial charge >= 0.3 is 0 Å². The van der Waals surface area contributed by atoms with Crippen LogP contribution in [0.5, 0.6) is 0 Å². The van der Waals surface area contributed by atoms with Gasteiger partial charge in [-0.1, -0.05) is 23.7 Å². The average molecular weight is 298 g/mol. The van der Waals surface area contributed by atoms with Crippen LogP contribution in [0.25, 0.3) is 0 Å². The van der Waals surface area contributed by atoms with Crippen molar-refractivity contribution in [2.75, 3.05) is 5.43 Å². The Hall–Kier alpha value is -2.64. The van der Waals surface area contributed by atoms with E-state index in [1.807, 2.05) is 25.1 Å². The van der Waals surface area contributed by atoms with Crippen molar-refractivity contribution < 1.29 is 4.79 Å². The molecule has 0 aliphatic heterocycles. The van der Waals surface area contributed by atoms with Crippen molar-refractivity contribution in [3.63, 3.8) is 0 Å². The zero-order valence-corrected chi connectivity index (χ0v) is 12.1. The number of ketones is 1. The minimum absolute atomic E-state index is 0.209. The number of nitrogens with one attached hydrogen (secondary N) is 1. The molecule has 0 atom stereocenters. The molecule has 0 spiro atoms. The Labute approximate surface area is 127 Å². The van der Waals surface area contributed by atoms with E-state index in [9.17, 15) is 4.79 Å². The van der Waals surface area contributed by atoms with Gasteiger partial charge in [-0.25, -0.2) is 0 Å². The number of benzene rings is 2. The summed E-state index contributed by atoms with van der Waals surface area (Å²) < 4.78 is 0. The number of hydrogen-bond donors (Lipinski definition) is 1. The summed E-state index contributed by atoms with van der Waals surface area (Å²) in [4.78, 5) is 12.1. The van der Waals surface area contributed by atoms with Crippen LogP contribution in [0, 0.1) is 18.3 Å². The quantitative estimate of drug-likeness (QED) is 0.530. The third kappa shape index (κ3) is 3.91. The molecule has 0 saturated carbocycles. The van der Waals surface area contributed by atoms with E-state index in [0.717, 1.165) is 5.56 Å². The van der Waals surface area contributed by atoms with Crippen molar-refractivity contribution in [1.29, 1.82) is 5.26 Å². The first-order valence-electron chi connectivity index (χ1n) is 6.21. The highest BCUT2D eigenvalue weighted by Gasteiger charge is 2.13. The highest BCUT2D eigenvalue weighted by molar-refractivity contribution is 6.51. The molecular weight excluding hydrogens is 286 g/mol. The summed E-state index contributed by atoms with van der Waals surface area (Å²) in [5.41, 5.74) is 4.64. The molecule has 2 rings (SSSR count). The fourth-order valence-electron chi connectivity index (χ4n) is 1.70. The Bertz CT molecular complexity index is 730. The molecule has 0 aliphatic carbocycles. The SMILES string of the molecule is Cc1cccc(NN=C(C#N)C(=O)c2ccc(Cl)cc2)c1. The van der Waals surface area contributed by atoms with E-state index >= 15 is 0 Å². The van der Waals surface area contributed by atoms with Gasteiger partial charge in [0.15, 0.2) is 0 Å². The minimum atomic E-state index is -0.450. The molecule has 21 heavy (non-hydrogen) atoms. The number of anilines is 1. The second kappa shape index (κ2) is 6.69. The predicted octanol–water partition coefficient (Wildman–Crippen LogP) is 3.82. The number of aryl methyl sites for hydroxylation is 1. The van der Waals surface area contributed by atoms with Crippen LogP contribution in [-0.4, -0.2) is 11.5 Å².